The lowest BCUT2D eigenvalue weighted by molar-refractivity contribution is -0.151. The Bertz CT molecular complexity index is 207. The first-order chi connectivity index (χ1) is 7.15. The van der Waals surface area contributed by atoms with Gasteiger partial charge in [-0.3, -0.25) is 0 Å². The maximum Gasteiger partial charge on any atom is 0.336 e. The molecular formula is C11H22ClNO3. The second kappa shape index (κ2) is 7.87. The van der Waals surface area contributed by atoms with Gasteiger partial charge >= 0.3 is 5.97 Å². The zero-order valence-corrected chi connectivity index (χ0v) is 10.5. The zero-order valence-electron chi connectivity index (χ0n) is 9.72. The number of aliphatic hydroxyl groups is 1. The quantitative estimate of drug-likeness (QED) is 0.738. The van der Waals surface area contributed by atoms with E-state index in [2.05, 4.69) is 4.74 Å². The van der Waals surface area contributed by atoms with Crippen molar-refractivity contribution in [2.45, 2.75) is 50.7 Å². The number of hydrogen-bond donors (Lipinski definition) is 2. The molecule has 1 aliphatic carbocycles. The molecule has 96 valence electrons. The zero-order chi connectivity index (χ0) is 11.3. The number of halogens is 1. The summed E-state index contributed by atoms with van der Waals surface area (Å²) < 4.78 is 4.45. The lowest BCUT2D eigenvalue weighted by atomic mass is 9.84. The van der Waals surface area contributed by atoms with E-state index in [1.807, 2.05) is 0 Å². The molecule has 0 unspecified atom stereocenters. The van der Waals surface area contributed by atoms with E-state index in [9.17, 15) is 9.90 Å². The molecule has 16 heavy (non-hydrogen) atoms. The summed E-state index contributed by atoms with van der Waals surface area (Å²) in [5.41, 5.74) is 5.77. The predicted molar refractivity (Wildman–Crippen MR) is 64.4 cm³/mol. The van der Waals surface area contributed by atoms with Crippen LogP contribution in [0.15, 0.2) is 0 Å². The topological polar surface area (TPSA) is 72.5 Å². The number of carbonyl (C=O) groups is 1. The second-order valence-corrected chi connectivity index (χ2v) is 4.37. The molecule has 0 bridgehead atoms. The Hall–Kier alpha value is -0.320. The molecule has 3 N–H and O–H groups in total. The van der Waals surface area contributed by atoms with E-state index >= 15 is 0 Å². The van der Waals surface area contributed by atoms with E-state index in [4.69, 9.17) is 5.73 Å². The summed E-state index contributed by atoms with van der Waals surface area (Å²) in [6.45, 7) is 0. The summed E-state index contributed by atoms with van der Waals surface area (Å²) in [6, 6.07) is -0.486. The van der Waals surface area contributed by atoms with Gasteiger partial charge in [0.05, 0.1) is 7.11 Å². The van der Waals surface area contributed by atoms with Crippen molar-refractivity contribution < 1.29 is 14.6 Å². The third kappa shape index (κ3) is 4.68. The van der Waals surface area contributed by atoms with Crippen LogP contribution >= 0.6 is 12.4 Å². The molecule has 0 aromatic heterocycles. The SMILES string of the molecule is COC(=O)[C@H](O)[C@@H](N)CC1CCCCC1.Cl. The van der Waals surface area contributed by atoms with E-state index in [-0.39, 0.29) is 12.4 Å². The summed E-state index contributed by atoms with van der Waals surface area (Å²) >= 11 is 0. The van der Waals surface area contributed by atoms with Crippen LogP contribution in [0.4, 0.5) is 0 Å². The lowest BCUT2D eigenvalue weighted by Crippen LogP contribution is -2.42. The van der Waals surface area contributed by atoms with Crippen molar-refractivity contribution in [3.63, 3.8) is 0 Å². The van der Waals surface area contributed by atoms with Crippen molar-refractivity contribution in [2.24, 2.45) is 11.7 Å². The number of aliphatic hydroxyl groups excluding tert-OH is 1. The monoisotopic (exact) mass is 251 g/mol. The Morgan fingerprint density at radius 1 is 1.44 bits per heavy atom. The smallest absolute Gasteiger partial charge is 0.336 e. The minimum absolute atomic E-state index is 0. The first-order valence-electron chi connectivity index (χ1n) is 5.66. The van der Waals surface area contributed by atoms with Crippen LogP contribution in [0.5, 0.6) is 0 Å². The number of esters is 1. The highest BCUT2D eigenvalue weighted by molar-refractivity contribution is 5.85. The lowest BCUT2D eigenvalue weighted by Gasteiger charge is -2.26. The molecule has 1 aliphatic rings. The van der Waals surface area contributed by atoms with E-state index in [0.717, 1.165) is 6.42 Å². The maximum absolute atomic E-state index is 11.0. The van der Waals surface area contributed by atoms with Gasteiger partial charge in [-0.2, -0.15) is 0 Å². The third-order valence-electron chi connectivity index (χ3n) is 3.18. The fourth-order valence-electron chi connectivity index (χ4n) is 2.23. The van der Waals surface area contributed by atoms with Crippen LogP contribution in [0.2, 0.25) is 0 Å². The molecule has 5 heteroatoms. The van der Waals surface area contributed by atoms with Crippen molar-refractivity contribution in [1.29, 1.82) is 0 Å². The minimum atomic E-state index is -1.17. The van der Waals surface area contributed by atoms with Crippen molar-refractivity contribution >= 4 is 18.4 Å². The Balaban J connectivity index is 0.00000225. The minimum Gasteiger partial charge on any atom is -0.467 e. The Morgan fingerprint density at radius 3 is 2.50 bits per heavy atom. The Morgan fingerprint density at radius 2 is 2.00 bits per heavy atom. The first kappa shape index (κ1) is 15.7. The van der Waals surface area contributed by atoms with Gasteiger partial charge in [-0.05, 0) is 12.3 Å². The third-order valence-corrected chi connectivity index (χ3v) is 3.18. The molecule has 4 nitrogen and oxygen atoms in total. The first-order valence-corrected chi connectivity index (χ1v) is 5.66. The molecule has 0 spiro atoms. The van der Waals surface area contributed by atoms with Crippen molar-refractivity contribution in [3.05, 3.63) is 0 Å². The average Bonchev–Trinajstić information content (AvgIpc) is 2.28. The standard InChI is InChI=1S/C11H21NO3.ClH/c1-15-11(14)10(13)9(12)7-8-5-3-2-4-6-8;/h8-10,13H,2-7,12H2,1H3;1H/t9-,10+;/m0./s1. The van der Waals surface area contributed by atoms with E-state index in [1.165, 1.54) is 39.2 Å². The Labute approximate surface area is 103 Å². The number of methoxy groups -OCH3 is 1. The Kier molecular flexibility index (Phi) is 7.72. The van der Waals surface area contributed by atoms with Crippen LogP contribution in [0.1, 0.15) is 38.5 Å². The van der Waals surface area contributed by atoms with Crippen molar-refractivity contribution in [2.75, 3.05) is 7.11 Å². The highest BCUT2D eigenvalue weighted by Crippen LogP contribution is 2.27. The van der Waals surface area contributed by atoms with Crippen LogP contribution < -0.4 is 5.73 Å². The number of rotatable bonds is 4. The van der Waals surface area contributed by atoms with Gasteiger partial charge in [-0.1, -0.05) is 32.1 Å². The second-order valence-electron chi connectivity index (χ2n) is 4.37. The molecule has 0 aromatic carbocycles. The highest BCUT2D eigenvalue weighted by Gasteiger charge is 2.26. The summed E-state index contributed by atoms with van der Waals surface area (Å²) in [6.07, 6.45) is 5.67. The number of nitrogens with two attached hydrogens (primary N) is 1. The van der Waals surface area contributed by atoms with Gasteiger partial charge in [0.1, 0.15) is 0 Å². The normalized spacial score (nSPS) is 20.7. The van der Waals surface area contributed by atoms with E-state index < -0.39 is 18.1 Å². The maximum atomic E-state index is 11.0. The molecule has 0 aromatic rings. The molecule has 0 radical (unpaired) electrons. The molecular weight excluding hydrogens is 230 g/mol. The van der Waals surface area contributed by atoms with Crippen LogP contribution in [-0.2, 0) is 9.53 Å². The van der Waals surface area contributed by atoms with Gasteiger partial charge in [-0.25, -0.2) is 4.79 Å². The van der Waals surface area contributed by atoms with Crippen LogP contribution in [0.25, 0.3) is 0 Å². The number of carbonyl (C=O) groups excluding carboxylic acids is 1. The molecule has 0 amide bonds. The van der Waals surface area contributed by atoms with Crippen LogP contribution in [0.3, 0.4) is 0 Å². The molecule has 1 saturated carbocycles. The van der Waals surface area contributed by atoms with E-state index in [1.54, 1.807) is 0 Å². The predicted octanol–water partition coefficient (Wildman–Crippen LogP) is 1.24. The van der Waals surface area contributed by atoms with Gasteiger partial charge in [0.15, 0.2) is 6.10 Å². The summed E-state index contributed by atoms with van der Waals surface area (Å²) in [5.74, 6) is -0.0636. The highest BCUT2D eigenvalue weighted by atomic mass is 35.5. The molecule has 2 atom stereocenters. The van der Waals surface area contributed by atoms with Gasteiger partial charge in [0, 0.05) is 6.04 Å². The molecule has 0 heterocycles. The largest absolute Gasteiger partial charge is 0.467 e. The fourth-order valence-corrected chi connectivity index (χ4v) is 2.23. The van der Waals surface area contributed by atoms with Gasteiger partial charge in [0.2, 0.25) is 0 Å². The summed E-state index contributed by atoms with van der Waals surface area (Å²) in [4.78, 5) is 11.0. The van der Waals surface area contributed by atoms with Gasteiger partial charge in [-0.15, -0.1) is 12.4 Å². The average molecular weight is 252 g/mol. The number of hydrogen-bond acceptors (Lipinski definition) is 4. The summed E-state index contributed by atoms with van der Waals surface area (Å²) in [5, 5.41) is 9.52. The molecule has 1 fully saturated rings. The van der Waals surface area contributed by atoms with Crippen molar-refractivity contribution in [3.8, 4) is 0 Å². The summed E-state index contributed by atoms with van der Waals surface area (Å²) in [7, 11) is 1.26. The van der Waals surface area contributed by atoms with Crippen molar-refractivity contribution in [1.82, 2.24) is 0 Å². The molecule has 1 rings (SSSR count). The number of ether oxygens (including phenoxy) is 1. The van der Waals surface area contributed by atoms with Gasteiger partial charge in [0.25, 0.3) is 0 Å². The molecule has 0 saturated heterocycles. The van der Waals surface area contributed by atoms with Crippen LogP contribution in [0, 0.1) is 5.92 Å². The van der Waals surface area contributed by atoms with E-state index in [0.29, 0.717) is 5.92 Å². The van der Waals surface area contributed by atoms with Crippen LogP contribution in [-0.4, -0.2) is 30.3 Å². The fraction of sp³-hybridized carbons (Fsp3) is 0.909. The van der Waals surface area contributed by atoms with Gasteiger partial charge < -0.3 is 15.6 Å². The molecule has 0 aliphatic heterocycles.